The Balaban J connectivity index is 0.000000157. The third-order valence-electron chi connectivity index (χ3n) is 7.31. The van der Waals surface area contributed by atoms with Crippen LogP contribution in [0.25, 0.3) is 43.3 Å². The van der Waals surface area contributed by atoms with Crippen LogP contribution in [-0.2, 0) is 0 Å². The van der Waals surface area contributed by atoms with Crippen molar-refractivity contribution in [1.29, 1.82) is 0 Å². The summed E-state index contributed by atoms with van der Waals surface area (Å²) in [6, 6.07) is 17.3. The Labute approximate surface area is 483 Å². The Kier molecular flexibility index (Phi) is 23.9. The molecular formula is C38H17Cl15N18S. The number of aromatic amines is 1. The van der Waals surface area contributed by atoms with Crippen molar-refractivity contribution < 1.29 is 0 Å². The van der Waals surface area contributed by atoms with Gasteiger partial charge >= 0.3 is 0 Å². The number of benzene rings is 1. The van der Waals surface area contributed by atoms with Crippen molar-refractivity contribution in [2.75, 3.05) is 5.73 Å². The van der Waals surface area contributed by atoms with Crippen LogP contribution in [0.15, 0.2) is 84.8 Å². The summed E-state index contributed by atoms with van der Waals surface area (Å²) in [5, 5.41) is 7.77. The van der Waals surface area contributed by atoms with E-state index in [9.17, 15) is 0 Å². The maximum absolute atomic E-state index is 5.83. The van der Waals surface area contributed by atoms with E-state index in [1.165, 1.54) is 36.0 Å². The third-order valence-corrected chi connectivity index (χ3v) is 11.2. The summed E-state index contributed by atoms with van der Waals surface area (Å²) in [6.07, 6.45) is 4.61. The minimum atomic E-state index is 0.0625. The number of nitrogens with zero attached hydrogens (tertiary/aromatic N) is 16. The molecule has 0 amide bonds. The van der Waals surface area contributed by atoms with Crippen LogP contribution < -0.4 is 5.73 Å². The molecule has 0 aliphatic carbocycles. The van der Waals surface area contributed by atoms with Gasteiger partial charge in [0.15, 0.2) is 16.4 Å². The number of rotatable bonds is 0. The molecule has 370 valence electrons. The number of H-pyrrole nitrogens is 1. The van der Waals surface area contributed by atoms with Gasteiger partial charge in [-0.15, -0.1) is 11.3 Å². The first-order valence-electron chi connectivity index (χ1n) is 18.3. The number of halogens is 15. The van der Waals surface area contributed by atoms with Gasteiger partial charge in [0.2, 0.25) is 37.0 Å². The largest absolute Gasteiger partial charge is 0.384 e. The predicted molar refractivity (Wildman–Crippen MR) is 292 cm³/mol. The Morgan fingerprint density at radius 2 is 0.917 bits per heavy atom. The number of hydrogen-bond donors (Lipinski definition) is 2. The number of imidazole rings is 1. The van der Waals surface area contributed by atoms with E-state index in [2.05, 4.69) is 84.7 Å². The molecule has 0 spiro atoms. The van der Waals surface area contributed by atoms with Crippen LogP contribution in [0.3, 0.4) is 0 Å². The van der Waals surface area contributed by atoms with E-state index < -0.39 is 0 Å². The van der Waals surface area contributed by atoms with Gasteiger partial charge in [-0.1, -0.05) is 105 Å². The standard InChI is InChI=1S/C8H4Cl2N2.C7H3Cl2N3.C6H2Cl2N2S.C5H2Cl2N4.C4HCl3N2.C4H3Cl2N3.C4H2Cl2N2/c9-7-5-3-1-2-4-6(5)11-8(10)12-7;8-5-4-2-1-3-10-6(4)12-7(9)11-5;7-4-3-1-2-11-5(3)10-6(8)9-4;6-3-2-4(9-1-8-2)11-5(7)10-3;5-2-1-3(6)9-4(7)8-2;5-2-1-3(7)9-4(6)8-2;5-3-1-2-7-4(6)8-3/h1-4H;1-3H;1-2H;1H,(H,8,9,10,11);1H;1H,(H2,7,8,9);1-2H. The highest BCUT2D eigenvalue weighted by Crippen LogP contribution is 2.26. The fourth-order valence-corrected chi connectivity index (χ4v) is 8.64. The molecule has 3 N–H and O–H groups in total. The second-order valence-corrected chi connectivity index (χ2v) is 18.3. The van der Waals surface area contributed by atoms with Crippen molar-refractivity contribution in [3.05, 3.63) is 163 Å². The summed E-state index contributed by atoms with van der Waals surface area (Å²) < 4.78 is 0. The van der Waals surface area contributed by atoms with Gasteiger partial charge in [0.05, 0.1) is 17.2 Å². The van der Waals surface area contributed by atoms with Gasteiger partial charge < -0.3 is 10.7 Å². The lowest BCUT2D eigenvalue weighted by Crippen LogP contribution is -1.91. The van der Waals surface area contributed by atoms with Crippen molar-refractivity contribution >= 4 is 234 Å². The number of nitrogens with one attached hydrogen (secondary N) is 1. The lowest BCUT2D eigenvalue weighted by Gasteiger charge is -1.97. The SMILES string of the molecule is Clc1cc(Cl)nc(Cl)n1.Clc1ccnc(Cl)n1.Clc1nc(Cl)c2[nH]cnc2n1.Clc1nc(Cl)c2ccccc2n1.Clc1nc(Cl)c2cccnc2n1.Clc1nc(Cl)c2ccsc2n1.Nc1cc(Cl)nc(Cl)n1. The molecule has 10 heterocycles. The molecular weight excluding hydrogens is 1270 g/mol. The molecule has 18 nitrogen and oxygen atoms in total. The number of fused-ring (bicyclic) bond motifs is 4. The zero-order chi connectivity index (χ0) is 52.5. The molecule has 10 aromatic heterocycles. The normalized spacial score (nSPS) is 10.2. The second kappa shape index (κ2) is 29.2. The van der Waals surface area contributed by atoms with Crippen LogP contribution in [-0.4, -0.2) is 84.7 Å². The van der Waals surface area contributed by atoms with E-state index >= 15 is 0 Å². The lowest BCUT2D eigenvalue weighted by molar-refractivity contribution is 1.17. The summed E-state index contributed by atoms with van der Waals surface area (Å²) in [7, 11) is 0. The van der Waals surface area contributed by atoms with E-state index in [4.69, 9.17) is 180 Å². The fourth-order valence-electron chi connectivity index (χ4n) is 4.56. The number of thiophene rings is 1. The highest BCUT2D eigenvalue weighted by atomic mass is 35.5. The molecule has 0 aliphatic heterocycles. The highest BCUT2D eigenvalue weighted by molar-refractivity contribution is 7.16. The highest BCUT2D eigenvalue weighted by Gasteiger charge is 2.07. The van der Waals surface area contributed by atoms with E-state index in [0.29, 0.717) is 42.8 Å². The molecule has 0 radical (unpaired) electrons. The van der Waals surface area contributed by atoms with E-state index in [0.717, 1.165) is 21.1 Å². The minimum Gasteiger partial charge on any atom is -0.384 e. The fraction of sp³-hybridized carbons (Fsp3) is 0. The van der Waals surface area contributed by atoms with Gasteiger partial charge in [-0.25, -0.2) is 69.8 Å². The molecule has 0 unspecified atom stereocenters. The minimum absolute atomic E-state index is 0.0625. The monoisotopic (exact) mass is 1280 g/mol. The molecule has 0 aliphatic rings. The Morgan fingerprint density at radius 1 is 0.389 bits per heavy atom. The first-order valence-corrected chi connectivity index (χ1v) is 24.8. The van der Waals surface area contributed by atoms with Crippen LogP contribution in [0.1, 0.15) is 0 Å². The molecule has 1 aromatic carbocycles. The van der Waals surface area contributed by atoms with Gasteiger partial charge in [0.1, 0.15) is 52.2 Å². The average Bonchev–Trinajstić information content (AvgIpc) is 3.98. The Morgan fingerprint density at radius 3 is 1.53 bits per heavy atom. The summed E-state index contributed by atoms with van der Waals surface area (Å²) >= 11 is 84.6. The van der Waals surface area contributed by atoms with E-state index in [1.54, 1.807) is 24.4 Å². The van der Waals surface area contributed by atoms with Crippen LogP contribution in [0.4, 0.5) is 5.82 Å². The first-order chi connectivity index (χ1) is 34.2. The summed E-state index contributed by atoms with van der Waals surface area (Å²) in [4.78, 5) is 63.8. The second-order valence-electron chi connectivity index (χ2n) is 12.1. The quantitative estimate of drug-likeness (QED) is 0.106. The lowest BCUT2D eigenvalue weighted by atomic mass is 10.2. The maximum atomic E-state index is 5.83. The maximum Gasteiger partial charge on any atom is 0.225 e. The smallest absolute Gasteiger partial charge is 0.225 e. The molecule has 72 heavy (non-hydrogen) atoms. The van der Waals surface area contributed by atoms with Crippen LogP contribution >= 0.6 is 185 Å². The average molecular weight is 1290 g/mol. The number of nitrogens with two attached hydrogens (primary N) is 1. The number of anilines is 1. The van der Waals surface area contributed by atoms with Gasteiger partial charge in [-0.2, -0.15) is 9.97 Å². The molecule has 0 bridgehead atoms. The Hall–Kier alpha value is -3.97. The summed E-state index contributed by atoms with van der Waals surface area (Å²) in [5.41, 5.74) is 7.61. The number of nitrogen functional groups attached to an aromatic ring is 1. The van der Waals surface area contributed by atoms with Gasteiger partial charge in [-0.05, 0) is 123 Å². The van der Waals surface area contributed by atoms with Gasteiger partial charge in [0.25, 0.3) is 0 Å². The van der Waals surface area contributed by atoms with Crippen LogP contribution in [0.2, 0.25) is 78.2 Å². The summed E-state index contributed by atoms with van der Waals surface area (Å²) in [5.74, 6) is 0.278. The van der Waals surface area contributed by atoms with Crippen molar-refractivity contribution in [3.63, 3.8) is 0 Å². The molecule has 34 heteroatoms. The van der Waals surface area contributed by atoms with Crippen molar-refractivity contribution in [3.8, 4) is 0 Å². The van der Waals surface area contributed by atoms with E-state index in [-0.39, 0.29) is 63.4 Å². The van der Waals surface area contributed by atoms with Crippen molar-refractivity contribution in [2.45, 2.75) is 0 Å². The molecule has 0 atom stereocenters. The zero-order valence-corrected chi connectivity index (χ0v) is 46.5. The molecule has 0 saturated heterocycles. The number of hydrogen-bond acceptors (Lipinski definition) is 18. The molecule has 0 fully saturated rings. The number of pyridine rings is 1. The summed E-state index contributed by atoms with van der Waals surface area (Å²) in [6.45, 7) is 0. The topological polar surface area (TPSA) is 248 Å². The third kappa shape index (κ3) is 19.4. The Bertz CT molecular complexity index is 3250. The van der Waals surface area contributed by atoms with E-state index in [1.807, 2.05) is 35.7 Å². The van der Waals surface area contributed by atoms with Crippen molar-refractivity contribution in [2.24, 2.45) is 0 Å². The van der Waals surface area contributed by atoms with Crippen LogP contribution in [0, 0.1) is 0 Å². The molecule has 0 saturated carbocycles. The molecule has 11 aromatic rings. The zero-order valence-electron chi connectivity index (χ0n) is 34.4. The van der Waals surface area contributed by atoms with Crippen LogP contribution in [0.5, 0.6) is 0 Å². The first kappa shape index (κ1) is 58.9. The predicted octanol–water partition coefficient (Wildman–Crippen LogP) is 15.5. The van der Waals surface area contributed by atoms with Gasteiger partial charge in [-0.3, -0.25) is 0 Å². The molecule has 11 rings (SSSR count). The van der Waals surface area contributed by atoms with Gasteiger partial charge in [0, 0.05) is 35.3 Å². The number of aromatic nitrogens is 17. The van der Waals surface area contributed by atoms with Crippen molar-refractivity contribution in [1.82, 2.24) is 84.7 Å². The number of para-hydroxylation sites is 1.